The summed E-state index contributed by atoms with van der Waals surface area (Å²) in [6, 6.07) is 0. The van der Waals surface area contributed by atoms with Crippen molar-refractivity contribution in [2.45, 2.75) is 52.9 Å². The van der Waals surface area contributed by atoms with Crippen molar-refractivity contribution in [3.63, 3.8) is 0 Å². The molecule has 1 rings (SSSR count). The molecule has 104 valence electrons. The number of carbonyl (C=O) groups excluding carboxylic acids is 1. The summed E-state index contributed by atoms with van der Waals surface area (Å²) in [7, 11) is 0. The second-order valence-electron chi connectivity index (χ2n) is 5.92. The van der Waals surface area contributed by atoms with Crippen molar-refractivity contribution in [3.05, 3.63) is 0 Å². The minimum atomic E-state index is 0.131. The van der Waals surface area contributed by atoms with E-state index in [0.29, 0.717) is 23.9 Å². The van der Waals surface area contributed by atoms with E-state index in [1.54, 1.807) is 0 Å². The van der Waals surface area contributed by atoms with Gasteiger partial charge in [-0.05, 0) is 25.2 Å². The summed E-state index contributed by atoms with van der Waals surface area (Å²) in [6.07, 6.45) is 5.22. The Bertz CT molecular complexity index is 315. The molecule has 0 heterocycles. The molecule has 1 saturated carbocycles. The summed E-state index contributed by atoms with van der Waals surface area (Å²) in [5, 5.41) is 0. The highest BCUT2D eigenvalue weighted by Crippen LogP contribution is 2.41. The fourth-order valence-electron chi connectivity index (χ4n) is 2.84. The molecular formula is C14H26N2OS. The molecule has 3 nitrogen and oxygen atoms in total. The number of carbonyl (C=O) groups is 1. The van der Waals surface area contributed by atoms with Crippen molar-refractivity contribution in [2.75, 3.05) is 13.1 Å². The van der Waals surface area contributed by atoms with E-state index < -0.39 is 0 Å². The van der Waals surface area contributed by atoms with Crippen LogP contribution in [0.4, 0.5) is 0 Å². The first-order valence-electron chi connectivity index (χ1n) is 6.95. The molecule has 0 bridgehead atoms. The van der Waals surface area contributed by atoms with E-state index in [2.05, 4.69) is 13.8 Å². The van der Waals surface area contributed by atoms with E-state index in [-0.39, 0.29) is 11.3 Å². The summed E-state index contributed by atoms with van der Waals surface area (Å²) in [5.74, 6) is 0.455. The minimum Gasteiger partial charge on any atom is -0.393 e. The molecule has 0 aromatic rings. The Labute approximate surface area is 116 Å². The maximum Gasteiger partial charge on any atom is 0.226 e. The first-order valence-corrected chi connectivity index (χ1v) is 7.36. The van der Waals surface area contributed by atoms with Gasteiger partial charge >= 0.3 is 0 Å². The highest BCUT2D eigenvalue weighted by molar-refractivity contribution is 7.80. The molecule has 0 saturated heterocycles. The molecular weight excluding hydrogens is 244 g/mol. The lowest BCUT2D eigenvalue weighted by molar-refractivity contribution is -0.140. The molecule has 0 aromatic carbocycles. The zero-order valence-corrected chi connectivity index (χ0v) is 12.7. The van der Waals surface area contributed by atoms with Gasteiger partial charge in [-0.1, -0.05) is 38.9 Å². The molecule has 1 aliphatic carbocycles. The molecule has 1 aliphatic rings. The zero-order valence-electron chi connectivity index (χ0n) is 11.9. The van der Waals surface area contributed by atoms with Crippen LogP contribution in [0.2, 0.25) is 0 Å². The quantitative estimate of drug-likeness (QED) is 0.781. The first-order chi connectivity index (χ1) is 8.38. The number of nitrogens with two attached hydrogens (primary N) is 1. The Kier molecular flexibility index (Phi) is 5.57. The van der Waals surface area contributed by atoms with Crippen LogP contribution in [0.25, 0.3) is 0 Å². The van der Waals surface area contributed by atoms with Gasteiger partial charge in [0.1, 0.15) is 0 Å². The lowest BCUT2D eigenvalue weighted by atomic mass is 9.68. The highest BCUT2D eigenvalue weighted by Gasteiger charge is 2.38. The summed E-state index contributed by atoms with van der Waals surface area (Å²) >= 11 is 4.89. The highest BCUT2D eigenvalue weighted by atomic mass is 32.1. The van der Waals surface area contributed by atoms with Crippen LogP contribution < -0.4 is 5.73 Å². The first kappa shape index (κ1) is 15.4. The predicted molar refractivity (Wildman–Crippen MR) is 79.4 cm³/mol. The van der Waals surface area contributed by atoms with Gasteiger partial charge in [0.05, 0.1) is 4.99 Å². The van der Waals surface area contributed by atoms with E-state index in [9.17, 15) is 4.79 Å². The van der Waals surface area contributed by atoms with Gasteiger partial charge in [0.25, 0.3) is 0 Å². The van der Waals surface area contributed by atoms with E-state index in [0.717, 1.165) is 19.4 Å². The van der Waals surface area contributed by atoms with E-state index in [1.165, 1.54) is 12.8 Å². The van der Waals surface area contributed by atoms with Crippen molar-refractivity contribution in [2.24, 2.45) is 17.1 Å². The Morgan fingerprint density at radius 3 is 2.61 bits per heavy atom. The Balaban J connectivity index is 2.67. The van der Waals surface area contributed by atoms with Gasteiger partial charge in [-0.15, -0.1) is 0 Å². The fraction of sp³-hybridized carbons (Fsp3) is 0.857. The molecule has 1 unspecified atom stereocenters. The molecule has 0 spiro atoms. The van der Waals surface area contributed by atoms with Crippen molar-refractivity contribution in [1.82, 2.24) is 4.90 Å². The molecule has 4 heteroatoms. The average Bonchev–Trinajstić information content (AvgIpc) is 2.28. The van der Waals surface area contributed by atoms with Crippen molar-refractivity contribution in [1.29, 1.82) is 0 Å². The number of hydrogen-bond acceptors (Lipinski definition) is 2. The van der Waals surface area contributed by atoms with Crippen molar-refractivity contribution >= 4 is 23.1 Å². The maximum atomic E-state index is 12.6. The second-order valence-corrected chi connectivity index (χ2v) is 6.45. The minimum absolute atomic E-state index is 0.131. The van der Waals surface area contributed by atoms with Crippen molar-refractivity contribution in [3.8, 4) is 0 Å². The summed E-state index contributed by atoms with van der Waals surface area (Å²) in [6.45, 7) is 7.87. The number of thiocarbonyl (C=S) groups is 1. The Morgan fingerprint density at radius 1 is 1.44 bits per heavy atom. The van der Waals surface area contributed by atoms with Crippen LogP contribution in [0, 0.1) is 11.3 Å². The normalized spacial score (nSPS) is 22.5. The molecule has 1 atom stereocenters. The molecule has 0 aliphatic heterocycles. The lowest BCUT2D eigenvalue weighted by Crippen LogP contribution is -2.44. The summed E-state index contributed by atoms with van der Waals surface area (Å²) < 4.78 is 0. The van der Waals surface area contributed by atoms with Crippen LogP contribution in [0.3, 0.4) is 0 Å². The van der Waals surface area contributed by atoms with Gasteiger partial charge in [-0.2, -0.15) is 0 Å². The predicted octanol–water partition coefficient (Wildman–Crippen LogP) is 2.73. The van der Waals surface area contributed by atoms with E-state index in [4.69, 9.17) is 18.0 Å². The second kappa shape index (κ2) is 6.50. The van der Waals surface area contributed by atoms with Gasteiger partial charge in [-0.25, -0.2) is 0 Å². The van der Waals surface area contributed by atoms with Gasteiger partial charge in [-0.3, -0.25) is 4.79 Å². The molecule has 0 aromatic heterocycles. The number of nitrogens with zero attached hydrogens (tertiary/aromatic N) is 1. The van der Waals surface area contributed by atoms with Crippen LogP contribution in [0.15, 0.2) is 0 Å². The lowest BCUT2D eigenvalue weighted by Gasteiger charge is -2.40. The molecule has 18 heavy (non-hydrogen) atoms. The van der Waals surface area contributed by atoms with Crippen LogP contribution in [0.5, 0.6) is 0 Å². The van der Waals surface area contributed by atoms with Crippen molar-refractivity contribution < 1.29 is 4.79 Å². The maximum absolute atomic E-state index is 12.6. The third-order valence-corrected chi connectivity index (χ3v) is 4.33. The largest absolute Gasteiger partial charge is 0.393 e. The van der Waals surface area contributed by atoms with Gasteiger partial charge in [0.2, 0.25) is 5.91 Å². The zero-order chi connectivity index (χ0) is 13.8. The molecule has 0 radical (unpaired) electrons. The van der Waals surface area contributed by atoms with Crippen LogP contribution in [0.1, 0.15) is 52.9 Å². The number of rotatable bonds is 5. The Hall–Kier alpha value is -0.640. The van der Waals surface area contributed by atoms with Crippen LogP contribution >= 0.6 is 12.2 Å². The summed E-state index contributed by atoms with van der Waals surface area (Å²) in [4.78, 5) is 15.0. The fourth-order valence-corrected chi connectivity index (χ4v) is 2.93. The SMILES string of the molecule is CCN(CCC(N)=S)C(=O)C1CCCCC1(C)C. The molecule has 1 amide bonds. The number of amides is 1. The third-order valence-electron chi connectivity index (χ3n) is 4.13. The molecule has 2 N–H and O–H groups in total. The molecule has 1 fully saturated rings. The third kappa shape index (κ3) is 3.94. The average molecular weight is 270 g/mol. The smallest absolute Gasteiger partial charge is 0.226 e. The number of hydrogen-bond donors (Lipinski definition) is 1. The Morgan fingerprint density at radius 2 is 2.11 bits per heavy atom. The van der Waals surface area contributed by atoms with E-state index >= 15 is 0 Å². The van der Waals surface area contributed by atoms with Gasteiger partial charge < -0.3 is 10.6 Å². The topological polar surface area (TPSA) is 46.3 Å². The van der Waals surface area contributed by atoms with Crippen LogP contribution in [-0.4, -0.2) is 28.9 Å². The standard InChI is InChI=1S/C14H26N2OS/c1-4-16(10-8-12(15)18)13(17)11-7-5-6-9-14(11,2)3/h11H,4-10H2,1-3H3,(H2,15,18). The van der Waals surface area contributed by atoms with Gasteiger partial charge in [0, 0.05) is 25.4 Å². The van der Waals surface area contributed by atoms with E-state index in [1.807, 2.05) is 11.8 Å². The van der Waals surface area contributed by atoms with Crippen LogP contribution in [-0.2, 0) is 4.79 Å². The van der Waals surface area contributed by atoms with Gasteiger partial charge in [0.15, 0.2) is 0 Å². The summed E-state index contributed by atoms with van der Waals surface area (Å²) in [5.41, 5.74) is 5.65. The monoisotopic (exact) mass is 270 g/mol.